The number of anilines is 1. The zero-order chi connectivity index (χ0) is 16.8. The van der Waals surface area contributed by atoms with Gasteiger partial charge in [0.1, 0.15) is 5.76 Å². The van der Waals surface area contributed by atoms with E-state index in [2.05, 4.69) is 26.4 Å². The number of carbonyl (C=O) groups excluding carboxylic acids is 2. The van der Waals surface area contributed by atoms with Crippen LogP contribution in [0, 0.1) is 6.92 Å². The van der Waals surface area contributed by atoms with Crippen LogP contribution >= 0.6 is 15.9 Å². The number of halogens is 1. The van der Waals surface area contributed by atoms with Crippen molar-refractivity contribution >= 4 is 33.6 Å². The molecule has 0 fully saturated rings. The topological polar surface area (TPSA) is 75.4 Å². The molecule has 0 spiro atoms. The number of hydrogen-bond acceptors (Lipinski definition) is 4. The maximum Gasteiger partial charge on any atom is 0.225 e. The summed E-state index contributed by atoms with van der Waals surface area (Å²) in [6.45, 7) is 3.90. The monoisotopic (exact) mass is 379 g/mol. The SMILES string of the molecule is CC(=O)N(CCNC(=O)Cc1ccc(Br)cc1)c1cc(C)on1. The second-order valence-electron chi connectivity index (χ2n) is 5.12. The van der Waals surface area contributed by atoms with Crippen LogP contribution in [0.2, 0.25) is 0 Å². The van der Waals surface area contributed by atoms with E-state index in [1.54, 1.807) is 13.0 Å². The maximum absolute atomic E-state index is 11.9. The van der Waals surface area contributed by atoms with E-state index in [1.165, 1.54) is 11.8 Å². The van der Waals surface area contributed by atoms with Crippen molar-refractivity contribution in [1.29, 1.82) is 0 Å². The Morgan fingerprint density at radius 3 is 2.57 bits per heavy atom. The van der Waals surface area contributed by atoms with Crippen molar-refractivity contribution in [2.75, 3.05) is 18.0 Å². The number of hydrogen-bond donors (Lipinski definition) is 1. The first-order valence-corrected chi connectivity index (χ1v) is 7.97. The molecule has 0 atom stereocenters. The van der Waals surface area contributed by atoms with Gasteiger partial charge in [-0.25, -0.2) is 0 Å². The summed E-state index contributed by atoms with van der Waals surface area (Å²) < 4.78 is 5.95. The van der Waals surface area contributed by atoms with E-state index >= 15 is 0 Å². The number of rotatable bonds is 6. The van der Waals surface area contributed by atoms with Crippen LogP contribution in [-0.4, -0.2) is 30.1 Å². The highest BCUT2D eigenvalue weighted by Gasteiger charge is 2.15. The molecule has 0 saturated carbocycles. The van der Waals surface area contributed by atoms with E-state index < -0.39 is 0 Å². The van der Waals surface area contributed by atoms with Gasteiger partial charge in [0.15, 0.2) is 5.82 Å². The Hall–Kier alpha value is -2.15. The molecule has 0 saturated heterocycles. The summed E-state index contributed by atoms with van der Waals surface area (Å²) in [4.78, 5) is 25.1. The molecule has 0 bridgehead atoms. The van der Waals surface area contributed by atoms with Gasteiger partial charge in [0.25, 0.3) is 0 Å². The second kappa shape index (κ2) is 7.92. The predicted octanol–water partition coefficient (Wildman–Crippen LogP) is 2.46. The molecule has 0 aliphatic heterocycles. The minimum absolute atomic E-state index is 0.0906. The Kier molecular flexibility index (Phi) is 5.92. The zero-order valence-corrected chi connectivity index (χ0v) is 14.6. The summed E-state index contributed by atoms with van der Waals surface area (Å²) in [6, 6.07) is 9.26. The van der Waals surface area contributed by atoms with Crippen molar-refractivity contribution in [3.05, 3.63) is 46.1 Å². The van der Waals surface area contributed by atoms with Gasteiger partial charge in [-0.15, -0.1) is 0 Å². The van der Waals surface area contributed by atoms with Crippen molar-refractivity contribution in [2.24, 2.45) is 0 Å². The Morgan fingerprint density at radius 2 is 2.00 bits per heavy atom. The third-order valence-corrected chi connectivity index (χ3v) is 3.74. The van der Waals surface area contributed by atoms with Crippen molar-refractivity contribution < 1.29 is 14.1 Å². The number of amides is 2. The lowest BCUT2D eigenvalue weighted by molar-refractivity contribution is -0.121. The summed E-state index contributed by atoms with van der Waals surface area (Å²) in [7, 11) is 0. The van der Waals surface area contributed by atoms with Gasteiger partial charge in [-0.3, -0.25) is 14.5 Å². The molecule has 2 amide bonds. The predicted molar refractivity (Wildman–Crippen MR) is 90.1 cm³/mol. The van der Waals surface area contributed by atoms with E-state index in [-0.39, 0.29) is 11.8 Å². The zero-order valence-electron chi connectivity index (χ0n) is 13.0. The molecule has 0 aliphatic carbocycles. The van der Waals surface area contributed by atoms with Crippen LogP contribution in [0.15, 0.2) is 39.3 Å². The third-order valence-electron chi connectivity index (χ3n) is 3.21. The van der Waals surface area contributed by atoms with Crippen LogP contribution in [0.3, 0.4) is 0 Å². The molecule has 2 rings (SSSR count). The van der Waals surface area contributed by atoms with Gasteiger partial charge in [-0.2, -0.15) is 0 Å². The normalized spacial score (nSPS) is 10.4. The average Bonchev–Trinajstić information content (AvgIpc) is 2.92. The van der Waals surface area contributed by atoms with E-state index in [0.29, 0.717) is 31.1 Å². The molecular weight excluding hydrogens is 362 g/mol. The highest BCUT2D eigenvalue weighted by molar-refractivity contribution is 9.10. The van der Waals surface area contributed by atoms with Crippen molar-refractivity contribution in [2.45, 2.75) is 20.3 Å². The fourth-order valence-corrected chi connectivity index (χ4v) is 2.34. The summed E-state index contributed by atoms with van der Waals surface area (Å²) >= 11 is 3.36. The van der Waals surface area contributed by atoms with Crippen LogP contribution in [0.1, 0.15) is 18.2 Å². The second-order valence-corrected chi connectivity index (χ2v) is 6.04. The van der Waals surface area contributed by atoms with Crippen LogP contribution in [0.25, 0.3) is 0 Å². The van der Waals surface area contributed by atoms with Crippen LogP contribution in [0.5, 0.6) is 0 Å². The molecule has 1 aromatic carbocycles. The van der Waals surface area contributed by atoms with E-state index in [1.807, 2.05) is 24.3 Å². The fraction of sp³-hybridized carbons (Fsp3) is 0.312. The molecule has 1 N–H and O–H groups in total. The molecule has 7 heteroatoms. The van der Waals surface area contributed by atoms with Gasteiger partial charge >= 0.3 is 0 Å². The molecule has 0 aliphatic rings. The lowest BCUT2D eigenvalue weighted by atomic mass is 10.1. The van der Waals surface area contributed by atoms with Crippen LogP contribution in [-0.2, 0) is 16.0 Å². The van der Waals surface area contributed by atoms with E-state index in [4.69, 9.17) is 4.52 Å². The quantitative estimate of drug-likeness (QED) is 0.836. The molecule has 6 nitrogen and oxygen atoms in total. The van der Waals surface area contributed by atoms with Crippen molar-refractivity contribution in [3.63, 3.8) is 0 Å². The van der Waals surface area contributed by atoms with Crippen LogP contribution in [0.4, 0.5) is 5.82 Å². The number of benzene rings is 1. The lowest BCUT2D eigenvalue weighted by Crippen LogP contribution is -2.38. The largest absolute Gasteiger partial charge is 0.360 e. The molecular formula is C16H18BrN3O3. The average molecular weight is 380 g/mol. The number of aromatic nitrogens is 1. The van der Waals surface area contributed by atoms with E-state index in [9.17, 15) is 9.59 Å². The van der Waals surface area contributed by atoms with Crippen LogP contribution < -0.4 is 10.2 Å². The van der Waals surface area contributed by atoms with Gasteiger partial charge in [0.2, 0.25) is 11.8 Å². The standard InChI is InChI=1S/C16H18BrN3O3/c1-11-9-15(19-23-11)20(12(2)21)8-7-18-16(22)10-13-3-5-14(17)6-4-13/h3-6,9H,7-8,10H2,1-2H3,(H,18,22). The summed E-state index contributed by atoms with van der Waals surface area (Å²) in [5.74, 6) is 0.843. The molecule has 122 valence electrons. The molecule has 0 radical (unpaired) electrons. The molecule has 1 heterocycles. The molecule has 2 aromatic rings. The first-order valence-electron chi connectivity index (χ1n) is 7.18. The Bertz CT molecular complexity index is 682. The van der Waals surface area contributed by atoms with Gasteiger partial charge in [0.05, 0.1) is 6.42 Å². The van der Waals surface area contributed by atoms with Gasteiger partial charge in [-0.1, -0.05) is 33.2 Å². The summed E-state index contributed by atoms with van der Waals surface area (Å²) in [5, 5.41) is 6.63. The maximum atomic E-state index is 11.9. The molecule has 0 unspecified atom stereocenters. The van der Waals surface area contributed by atoms with Gasteiger partial charge in [0, 0.05) is 30.6 Å². The van der Waals surface area contributed by atoms with Gasteiger partial charge < -0.3 is 9.84 Å². The number of carbonyl (C=O) groups is 2. The number of nitrogens with zero attached hydrogens (tertiary/aromatic N) is 2. The smallest absolute Gasteiger partial charge is 0.225 e. The highest BCUT2D eigenvalue weighted by Crippen LogP contribution is 2.13. The minimum Gasteiger partial charge on any atom is -0.360 e. The number of aryl methyl sites for hydroxylation is 1. The summed E-state index contributed by atoms with van der Waals surface area (Å²) in [6.07, 6.45) is 0.302. The molecule has 1 aromatic heterocycles. The fourth-order valence-electron chi connectivity index (χ4n) is 2.07. The van der Waals surface area contributed by atoms with Crippen molar-refractivity contribution in [3.8, 4) is 0 Å². The Labute approximate surface area is 143 Å². The Morgan fingerprint density at radius 1 is 1.30 bits per heavy atom. The highest BCUT2D eigenvalue weighted by atomic mass is 79.9. The summed E-state index contributed by atoms with van der Waals surface area (Å²) in [5.41, 5.74) is 0.932. The van der Waals surface area contributed by atoms with Gasteiger partial charge in [-0.05, 0) is 24.6 Å². The number of nitrogens with one attached hydrogen (secondary N) is 1. The lowest BCUT2D eigenvalue weighted by Gasteiger charge is -2.17. The van der Waals surface area contributed by atoms with E-state index in [0.717, 1.165) is 10.0 Å². The van der Waals surface area contributed by atoms with Crippen molar-refractivity contribution in [1.82, 2.24) is 10.5 Å². The minimum atomic E-state index is -0.152. The first kappa shape index (κ1) is 17.2. The first-order chi connectivity index (χ1) is 11.0. The molecule has 23 heavy (non-hydrogen) atoms. The third kappa shape index (κ3) is 5.21. The Balaban J connectivity index is 1.83.